The number of hydrogen-bond acceptors (Lipinski definition) is 5. The summed E-state index contributed by atoms with van der Waals surface area (Å²) in [6.07, 6.45) is 9.48. The molecule has 0 aliphatic heterocycles. The summed E-state index contributed by atoms with van der Waals surface area (Å²) in [4.78, 5) is 8.56. The molecule has 20 heavy (non-hydrogen) atoms. The average molecular weight is 274 g/mol. The quantitative estimate of drug-likeness (QED) is 0.482. The largest absolute Gasteiger partial charge is 0.404 e. The van der Waals surface area contributed by atoms with Crippen LogP contribution < -0.4 is 16.8 Å². The van der Waals surface area contributed by atoms with Crippen molar-refractivity contribution < 1.29 is 0 Å². The van der Waals surface area contributed by atoms with Gasteiger partial charge >= 0.3 is 0 Å². The lowest BCUT2D eigenvalue weighted by atomic mass is 9.89. The summed E-state index contributed by atoms with van der Waals surface area (Å²) >= 11 is 0. The maximum Gasteiger partial charge on any atom is 0.223 e. The maximum atomic E-state index is 7.47. The van der Waals surface area contributed by atoms with Gasteiger partial charge in [-0.2, -0.15) is 0 Å². The molecule has 1 aliphatic carbocycles. The van der Waals surface area contributed by atoms with Crippen LogP contribution >= 0.6 is 0 Å². The van der Waals surface area contributed by atoms with Gasteiger partial charge in [0.15, 0.2) is 0 Å². The summed E-state index contributed by atoms with van der Waals surface area (Å²) in [6.45, 7) is 0.894. The first kappa shape index (κ1) is 14.3. The van der Waals surface area contributed by atoms with Crippen LogP contribution in [-0.4, -0.2) is 22.3 Å². The van der Waals surface area contributed by atoms with Crippen LogP contribution in [0.5, 0.6) is 0 Å². The SMILES string of the molecule is N=C(N)C(=CN)c1ccnc(NCC2CCCCC2)n1. The van der Waals surface area contributed by atoms with E-state index in [0.29, 0.717) is 23.1 Å². The monoisotopic (exact) mass is 274 g/mol. The molecule has 2 rings (SSSR count). The molecule has 1 saturated carbocycles. The minimum atomic E-state index is -0.0931. The lowest BCUT2D eigenvalue weighted by Gasteiger charge is -2.21. The Labute approximate surface area is 119 Å². The van der Waals surface area contributed by atoms with E-state index in [9.17, 15) is 0 Å². The number of nitrogens with one attached hydrogen (secondary N) is 2. The highest BCUT2D eigenvalue weighted by atomic mass is 15.1. The second kappa shape index (κ2) is 6.88. The molecule has 0 atom stereocenters. The molecule has 1 aromatic rings. The lowest BCUT2D eigenvalue weighted by Crippen LogP contribution is -2.19. The molecule has 0 saturated heterocycles. The minimum absolute atomic E-state index is 0.0931. The Bertz CT molecular complexity index is 490. The van der Waals surface area contributed by atoms with Gasteiger partial charge in [0.05, 0.1) is 11.3 Å². The molecule has 6 nitrogen and oxygen atoms in total. The predicted octanol–water partition coefficient (Wildman–Crippen LogP) is 1.70. The second-order valence-corrected chi connectivity index (χ2v) is 5.14. The van der Waals surface area contributed by atoms with Gasteiger partial charge in [-0.05, 0) is 24.8 Å². The maximum absolute atomic E-state index is 7.47. The van der Waals surface area contributed by atoms with Gasteiger partial charge in [-0.1, -0.05) is 19.3 Å². The van der Waals surface area contributed by atoms with Gasteiger partial charge in [0.1, 0.15) is 5.84 Å². The van der Waals surface area contributed by atoms with E-state index < -0.39 is 0 Å². The molecule has 0 aromatic carbocycles. The molecule has 6 N–H and O–H groups in total. The summed E-state index contributed by atoms with van der Waals surface area (Å²) in [7, 11) is 0. The van der Waals surface area contributed by atoms with E-state index in [1.54, 1.807) is 12.3 Å². The van der Waals surface area contributed by atoms with Crippen molar-refractivity contribution in [1.29, 1.82) is 5.41 Å². The molecule has 0 unspecified atom stereocenters. The Hall–Kier alpha value is -2.11. The fourth-order valence-electron chi connectivity index (χ4n) is 2.53. The van der Waals surface area contributed by atoms with Crippen LogP contribution in [0.4, 0.5) is 5.95 Å². The minimum Gasteiger partial charge on any atom is -0.404 e. The van der Waals surface area contributed by atoms with E-state index in [0.717, 1.165) is 6.54 Å². The fourth-order valence-corrected chi connectivity index (χ4v) is 2.53. The van der Waals surface area contributed by atoms with Crippen molar-refractivity contribution in [3.63, 3.8) is 0 Å². The van der Waals surface area contributed by atoms with Crippen molar-refractivity contribution in [2.45, 2.75) is 32.1 Å². The summed E-state index contributed by atoms with van der Waals surface area (Å²) in [5.41, 5.74) is 12.0. The van der Waals surface area contributed by atoms with Crippen molar-refractivity contribution in [1.82, 2.24) is 9.97 Å². The van der Waals surface area contributed by atoms with Gasteiger partial charge in [-0.3, -0.25) is 5.41 Å². The number of amidine groups is 1. The molecule has 1 heterocycles. The number of anilines is 1. The topological polar surface area (TPSA) is 114 Å². The third kappa shape index (κ3) is 3.69. The standard InChI is InChI=1S/C14H22N6/c15-8-11(13(16)17)12-6-7-18-14(20-12)19-9-10-4-2-1-3-5-10/h6-8,10H,1-5,9,15H2,(H3,16,17)(H,18,19,20). The summed E-state index contributed by atoms with van der Waals surface area (Å²) in [5.74, 6) is 1.17. The number of hydrogen-bond donors (Lipinski definition) is 4. The van der Waals surface area contributed by atoms with E-state index in [4.69, 9.17) is 16.9 Å². The highest BCUT2D eigenvalue weighted by Gasteiger charge is 2.14. The van der Waals surface area contributed by atoms with Crippen LogP contribution in [0.15, 0.2) is 18.5 Å². The second-order valence-electron chi connectivity index (χ2n) is 5.14. The number of nitrogens with zero attached hydrogens (tertiary/aromatic N) is 2. The van der Waals surface area contributed by atoms with Gasteiger partial charge in [-0.25, -0.2) is 9.97 Å². The van der Waals surface area contributed by atoms with E-state index in [2.05, 4.69) is 15.3 Å². The summed E-state index contributed by atoms with van der Waals surface area (Å²) in [5, 5.41) is 10.7. The predicted molar refractivity (Wildman–Crippen MR) is 81.2 cm³/mol. The Kier molecular flexibility index (Phi) is 4.92. The average Bonchev–Trinajstić information content (AvgIpc) is 2.47. The van der Waals surface area contributed by atoms with E-state index >= 15 is 0 Å². The first-order chi connectivity index (χ1) is 9.70. The van der Waals surface area contributed by atoms with Crippen LogP contribution in [0.1, 0.15) is 37.8 Å². The molecule has 0 radical (unpaired) electrons. The van der Waals surface area contributed by atoms with Crippen molar-refractivity contribution in [2.75, 3.05) is 11.9 Å². The Morgan fingerprint density at radius 2 is 2.15 bits per heavy atom. The third-order valence-corrected chi connectivity index (χ3v) is 3.66. The molecule has 0 bridgehead atoms. The van der Waals surface area contributed by atoms with Crippen molar-refractivity contribution in [2.24, 2.45) is 17.4 Å². The van der Waals surface area contributed by atoms with Crippen LogP contribution in [0.2, 0.25) is 0 Å². The zero-order chi connectivity index (χ0) is 14.4. The Morgan fingerprint density at radius 3 is 2.80 bits per heavy atom. The van der Waals surface area contributed by atoms with Gasteiger partial charge in [-0.15, -0.1) is 0 Å². The van der Waals surface area contributed by atoms with Crippen LogP contribution in [0.3, 0.4) is 0 Å². The number of nitrogens with two attached hydrogens (primary N) is 2. The zero-order valence-corrected chi connectivity index (χ0v) is 11.6. The van der Waals surface area contributed by atoms with Crippen molar-refractivity contribution >= 4 is 17.4 Å². The normalized spacial score (nSPS) is 16.9. The molecular formula is C14H22N6. The highest BCUT2D eigenvalue weighted by Crippen LogP contribution is 2.23. The Morgan fingerprint density at radius 1 is 1.40 bits per heavy atom. The molecule has 0 amide bonds. The zero-order valence-electron chi connectivity index (χ0n) is 11.6. The van der Waals surface area contributed by atoms with Crippen LogP contribution in [-0.2, 0) is 0 Å². The van der Waals surface area contributed by atoms with Crippen LogP contribution in [0.25, 0.3) is 5.57 Å². The molecule has 1 aromatic heterocycles. The van der Waals surface area contributed by atoms with E-state index in [-0.39, 0.29) is 5.84 Å². The molecule has 108 valence electrons. The van der Waals surface area contributed by atoms with E-state index in [1.165, 1.54) is 38.3 Å². The van der Waals surface area contributed by atoms with E-state index in [1.807, 2.05) is 0 Å². The van der Waals surface area contributed by atoms with Gasteiger partial charge < -0.3 is 16.8 Å². The summed E-state index contributed by atoms with van der Waals surface area (Å²) in [6, 6.07) is 1.70. The van der Waals surface area contributed by atoms with Crippen molar-refractivity contribution in [3.05, 3.63) is 24.2 Å². The molecule has 6 heteroatoms. The molecule has 1 fully saturated rings. The highest BCUT2D eigenvalue weighted by molar-refractivity contribution is 6.19. The smallest absolute Gasteiger partial charge is 0.223 e. The van der Waals surface area contributed by atoms with Crippen molar-refractivity contribution in [3.8, 4) is 0 Å². The van der Waals surface area contributed by atoms with Gasteiger partial charge in [0, 0.05) is 18.9 Å². The first-order valence-corrected chi connectivity index (χ1v) is 7.04. The first-order valence-electron chi connectivity index (χ1n) is 7.04. The summed E-state index contributed by atoms with van der Waals surface area (Å²) < 4.78 is 0. The fraction of sp³-hybridized carbons (Fsp3) is 0.500. The number of rotatable bonds is 5. The number of aromatic nitrogens is 2. The van der Waals surface area contributed by atoms with Crippen LogP contribution in [0, 0.1) is 11.3 Å². The molecule has 0 spiro atoms. The molecule has 1 aliphatic rings. The van der Waals surface area contributed by atoms with Gasteiger partial charge in [0.25, 0.3) is 0 Å². The lowest BCUT2D eigenvalue weighted by molar-refractivity contribution is 0.373. The third-order valence-electron chi connectivity index (χ3n) is 3.66. The Balaban J connectivity index is 2.00. The molecular weight excluding hydrogens is 252 g/mol. The van der Waals surface area contributed by atoms with Gasteiger partial charge in [0.2, 0.25) is 5.95 Å².